The molecule has 0 amide bonds. The van der Waals surface area contributed by atoms with Crippen LogP contribution in [0.3, 0.4) is 0 Å². The topological polar surface area (TPSA) is 55.4 Å². The molecule has 1 N–H and O–H groups in total. The van der Waals surface area contributed by atoms with E-state index in [4.69, 9.17) is 4.74 Å². The lowest BCUT2D eigenvalue weighted by Crippen LogP contribution is -2.46. The molecule has 0 radical (unpaired) electrons. The summed E-state index contributed by atoms with van der Waals surface area (Å²) in [5.74, 6) is 1.60. The number of nitrogens with one attached hydrogen (secondary N) is 1. The van der Waals surface area contributed by atoms with Gasteiger partial charge in [0.15, 0.2) is 0 Å². The number of rotatable bonds is 7. The van der Waals surface area contributed by atoms with Gasteiger partial charge in [-0.05, 0) is 50.3 Å². The normalized spacial score (nSPS) is 22.1. The maximum atomic E-state index is 12.2. The molecule has 24 heavy (non-hydrogen) atoms. The molecule has 1 aromatic rings. The number of hydrogen-bond acceptors (Lipinski definition) is 3. The Morgan fingerprint density at radius 2 is 1.71 bits per heavy atom. The summed E-state index contributed by atoms with van der Waals surface area (Å²) in [7, 11) is -3.23. The van der Waals surface area contributed by atoms with Crippen molar-refractivity contribution in [3.63, 3.8) is 0 Å². The smallest absolute Gasteiger partial charge is 0.214 e. The molecule has 136 valence electrons. The predicted molar refractivity (Wildman–Crippen MR) is 99.0 cm³/mol. The van der Waals surface area contributed by atoms with E-state index in [-0.39, 0.29) is 12.0 Å². The van der Waals surface area contributed by atoms with Crippen molar-refractivity contribution in [2.75, 3.05) is 6.61 Å². The minimum atomic E-state index is -3.23. The molecule has 0 aromatic heterocycles. The van der Waals surface area contributed by atoms with Gasteiger partial charge in [0, 0.05) is 12.0 Å². The van der Waals surface area contributed by atoms with Crippen LogP contribution in [0.15, 0.2) is 24.3 Å². The summed E-state index contributed by atoms with van der Waals surface area (Å²) in [5, 5.41) is -0.399. The molecule has 0 heterocycles. The Hall–Kier alpha value is -1.07. The monoisotopic (exact) mass is 353 g/mol. The number of benzene rings is 1. The van der Waals surface area contributed by atoms with Crippen LogP contribution < -0.4 is 9.46 Å². The second-order valence-corrected chi connectivity index (χ2v) is 9.67. The first-order valence-electron chi connectivity index (χ1n) is 9.03. The zero-order valence-electron chi connectivity index (χ0n) is 15.3. The van der Waals surface area contributed by atoms with Gasteiger partial charge in [0.1, 0.15) is 5.75 Å². The van der Waals surface area contributed by atoms with Gasteiger partial charge in [-0.3, -0.25) is 0 Å². The minimum absolute atomic E-state index is 0.0129. The average molecular weight is 354 g/mol. The van der Waals surface area contributed by atoms with Crippen molar-refractivity contribution in [2.45, 2.75) is 70.6 Å². The van der Waals surface area contributed by atoms with Crippen LogP contribution in [0, 0.1) is 5.92 Å². The van der Waals surface area contributed by atoms with Crippen molar-refractivity contribution >= 4 is 10.0 Å². The molecule has 4 nitrogen and oxygen atoms in total. The fourth-order valence-corrected chi connectivity index (χ4v) is 4.07. The second-order valence-electron chi connectivity index (χ2n) is 7.40. The summed E-state index contributed by atoms with van der Waals surface area (Å²) < 4.78 is 33.2. The van der Waals surface area contributed by atoms with Crippen molar-refractivity contribution in [1.82, 2.24) is 4.72 Å². The maximum absolute atomic E-state index is 12.2. The molecule has 1 fully saturated rings. The van der Waals surface area contributed by atoms with Gasteiger partial charge in [-0.15, -0.1) is 0 Å². The molecule has 1 aromatic carbocycles. The Balaban J connectivity index is 1.96. The Kier molecular flexibility index (Phi) is 6.70. The molecular weight excluding hydrogens is 322 g/mol. The highest BCUT2D eigenvalue weighted by Gasteiger charge is 2.30. The lowest BCUT2D eigenvalue weighted by atomic mass is 9.86. The van der Waals surface area contributed by atoms with E-state index in [1.165, 1.54) is 5.56 Å². The Bertz CT molecular complexity index is 608. The van der Waals surface area contributed by atoms with Gasteiger partial charge in [0.05, 0.1) is 11.9 Å². The summed E-state index contributed by atoms with van der Waals surface area (Å²) in [5.41, 5.74) is 1.29. The largest absolute Gasteiger partial charge is 0.493 e. The summed E-state index contributed by atoms with van der Waals surface area (Å²) in [6.45, 7) is 8.33. The predicted octanol–water partition coefficient (Wildman–Crippen LogP) is 4.08. The van der Waals surface area contributed by atoms with Crippen LogP contribution in [-0.4, -0.2) is 26.3 Å². The lowest BCUT2D eigenvalue weighted by molar-refractivity contribution is 0.180. The fraction of sp³-hybridized carbons (Fsp3) is 0.684. The van der Waals surface area contributed by atoms with E-state index in [2.05, 4.69) is 30.7 Å². The standard InChI is InChI=1S/C19H31NO3S/c1-14(2)16-9-11-18(12-10-16)23-13-17-7-5-6-8-19(17)20-24(21,22)15(3)4/h9-12,14-15,17,19-20H,5-8,13H2,1-4H3/t17-,19+/m1/s1. The van der Waals surface area contributed by atoms with E-state index >= 15 is 0 Å². The van der Waals surface area contributed by atoms with Crippen LogP contribution in [0.5, 0.6) is 5.75 Å². The van der Waals surface area contributed by atoms with Crippen LogP contribution >= 0.6 is 0 Å². The third-order valence-corrected chi connectivity index (χ3v) is 6.73. The first-order valence-corrected chi connectivity index (χ1v) is 10.6. The Morgan fingerprint density at radius 1 is 1.08 bits per heavy atom. The number of sulfonamides is 1. The van der Waals surface area contributed by atoms with Gasteiger partial charge in [-0.25, -0.2) is 13.1 Å². The SMILES string of the molecule is CC(C)c1ccc(OC[C@H]2CCCC[C@@H]2NS(=O)(=O)C(C)C)cc1. The van der Waals surface area contributed by atoms with Gasteiger partial charge < -0.3 is 4.74 Å². The molecule has 0 aliphatic heterocycles. The van der Waals surface area contributed by atoms with Gasteiger partial charge in [-0.2, -0.15) is 0 Å². The molecular formula is C19H31NO3S. The van der Waals surface area contributed by atoms with Crippen molar-refractivity contribution in [1.29, 1.82) is 0 Å². The third kappa shape index (κ3) is 5.21. The van der Waals surface area contributed by atoms with Crippen LogP contribution in [-0.2, 0) is 10.0 Å². The molecule has 1 aliphatic carbocycles. The van der Waals surface area contributed by atoms with Gasteiger partial charge in [0.25, 0.3) is 0 Å². The van der Waals surface area contributed by atoms with Crippen molar-refractivity contribution in [3.05, 3.63) is 29.8 Å². The van der Waals surface area contributed by atoms with E-state index < -0.39 is 15.3 Å². The summed E-state index contributed by atoms with van der Waals surface area (Å²) >= 11 is 0. The molecule has 1 saturated carbocycles. The zero-order valence-corrected chi connectivity index (χ0v) is 16.1. The quantitative estimate of drug-likeness (QED) is 0.804. The molecule has 2 atom stereocenters. The Morgan fingerprint density at radius 3 is 2.29 bits per heavy atom. The number of hydrogen-bond donors (Lipinski definition) is 1. The lowest BCUT2D eigenvalue weighted by Gasteiger charge is -2.32. The average Bonchev–Trinajstić information content (AvgIpc) is 2.54. The first-order chi connectivity index (χ1) is 11.3. The van der Waals surface area contributed by atoms with Gasteiger partial charge >= 0.3 is 0 Å². The van der Waals surface area contributed by atoms with Crippen LogP contribution in [0.2, 0.25) is 0 Å². The van der Waals surface area contributed by atoms with Crippen molar-refractivity contribution in [3.8, 4) is 5.75 Å². The van der Waals surface area contributed by atoms with Crippen LogP contribution in [0.25, 0.3) is 0 Å². The molecule has 0 saturated heterocycles. The van der Waals surface area contributed by atoms with E-state index in [1.807, 2.05) is 12.1 Å². The first kappa shape index (κ1) is 19.3. The molecule has 0 unspecified atom stereocenters. The summed E-state index contributed by atoms with van der Waals surface area (Å²) in [6, 6.07) is 8.19. The summed E-state index contributed by atoms with van der Waals surface area (Å²) in [6.07, 6.45) is 4.12. The van der Waals surface area contributed by atoms with Crippen molar-refractivity contribution < 1.29 is 13.2 Å². The molecule has 2 rings (SSSR count). The maximum Gasteiger partial charge on any atom is 0.214 e. The van der Waals surface area contributed by atoms with Gasteiger partial charge in [-0.1, -0.05) is 38.8 Å². The highest BCUT2D eigenvalue weighted by atomic mass is 32.2. The highest BCUT2D eigenvalue weighted by molar-refractivity contribution is 7.90. The molecule has 0 spiro atoms. The van der Waals surface area contributed by atoms with Crippen LogP contribution in [0.1, 0.15) is 64.9 Å². The summed E-state index contributed by atoms with van der Waals surface area (Å²) in [4.78, 5) is 0. The van der Waals surface area contributed by atoms with E-state index in [0.717, 1.165) is 31.4 Å². The van der Waals surface area contributed by atoms with E-state index in [1.54, 1.807) is 13.8 Å². The number of ether oxygens (including phenoxy) is 1. The zero-order chi connectivity index (χ0) is 17.7. The molecule has 0 bridgehead atoms. The Labute approximate surface area is 147 Å². The highest BCUT2D eigenvalue weighted by Crippen LogP contribution is 2.27. The minimum Gasteiger partial charge on any atom is -0.493 e. The van der Waals surface area contributed by atoms with Gasteiger partial charge in [0.2, 0.25) is 10.0 Å². The molecule has 1 aliphatic rings. The molecule has 5 heteroatoms. The van der Waals surface area contributed by atoms with Crippen LogP contribution in [0.4, 0.5) is 0 Å². The fourth-order valence-electron chi connectivity index (χ4n) is 3.06. The van der Waals surface area contributed by atoms with E-state index in [0.29, 0.717) is 12.5 Å². The second kappa shape index (κ2) is 8.34. The third-order valence-electron chi connectivity index (χ3n) is 4.86. The van der Waals surface area contributed by atoms with E-state index in [9.17, 15) is 8.42 Å². The van der Waals surface area contributed by atoms with Crippen molar-refractivity contribution in [2.24, 2.45) is 5.92 Å².